The number of nitrogens with two attached hydrogens (primary N) is 1. The summed E-state index contributed by atoms with van der Waals surface area (Å²) in [6, 6.07) is 7.20. The summed E-state index contributed by atoms with van der Waals surface area (Å²) in [7, 11) is 0. The minimum Gasteiger partial charge on any atom is -0.398 e. The summed E-state index contributed by atoms with van der Waals surface area (Å²) in [5.41, 5.74) is 7.81. The number of rotatable bonds is 2. The van der Waals surface area contributed by atoms with Crippen LogP contribution in [0.15, 0.2) is 39.5 Å². The third kappa shape index (κ3) is 2.39. The molecule has 2 N–H and O–H groups in total. The Kier molecular flexibility index (Phi) is 3.19. The van der Waals surface area contributed by atoms with Gasteiger partial charge in [-0.2, -0.15) is 4.98 Å². The Morgan fingerprint density at radius 1 is 1.20 bits per heavy atom. The van der Waals surface area contributed by atoms with E-state index in [0.29, 0.717) is 34.5 Å². The van der Waals surface area contributed by atoms with Crippen molar-refractivity contribution in [2.75, 3.05) is 5.73 Å². The first-order valence-corrected chi connectivity index (χ1v) is 6.62. The van der Waals surface area contributed by atoms with Crippen LogP contribution in [0.5, 0.6) is 0 Å². The van der Waals surface area contributed by atoms with Gasteiger partial charge in [0.2, 0.25) is 5.82 Å². The number of benzene rings is 1. The third-order valence-electron chi connectivity index (χ3n) is 2.68. The second-order valence-corrected chi connectivity index (χ2v) is 5.06. The molecule has 0 radical (unpaired) electrons. The van der Waals surface area contributed by atoms with Crippen LogP contribution < -0.4 is 5.73 Å². The number of anilines is 1. The predicted molar refractivity (Wildman–Crippen MR) is 77.6 cm³/mol. The number of hydrogen-bond acceptors (Lipinski definition) is 6. The average molecular weight is 332 g/mol. The van der Waals surface area contributed by atoms with E-state index in [1.807, 2.05) is 12.1 Å². The van der Waals surface area contributed by atoms with Gasteiger partial charge in [0.25, 0.3) is 5.89 Å². The monoisotopic (exact) mass is 331 g/mol. The van der Waals surface area contributed by atoms with Crippen LogP contribution in [0, 0.1) is 6.92 Å². The van der Waals surface area contributed by atoms with Gasteiger partial charge in [-0.15, -0.1) is 0 Å². The lowest BCUT2D eigenvalue weighted by molar-refractivity contribution is 0.432. The van der Waals surface area contributed by atoms with E-state index < -0.39 is 0 Å². The molecule has 0 fully saturated rings. The predicted octanol–water partition coefficient (Wildman–Crippen LogP) is 2.85. The van der Waals surface area contributed by atoms with Crippen LogP contribution in [-0.4, -0.2) is 20.1 Å². The van der Waals surface area contributed by atoms with Gasteiger partial charge in [-0.3, -0.25) is 0 Å². The van der Waals surface area contributed by atoms with E-state index in [1.165, 1.54) is 0 Å². The number of halogens is 1. The van der Waals surface area contributed by atoms with Gasteiger partial charge in [0.15, 0.2) is 0 Å². The number of hydrogen-bond donors (Lipinski definition) is 1. The van der Waals surface area contributed by atoms with Crippen LogP contribution in [0.3, 0.4) is 0 Å². The minimum atomic E-state index is 0.362. The summed E-state index contributed by atoms with van der Waals surface area (Å²) in [6.07, 6.45) is 1.65. The maximum Gasteiger partial charge on any atom is 0.260 e. The van der Waals surface area contributed by atoms with E-state index in [1.54, 1.807) is 25.3 Å². The first-order chi connectivity index (χ1) is 9.63. The summed E-state index contributed by atoms with van der Waals surface area (Å²) >= 11 is 3.36. The van der Waals surface area contributed by atoms with Crippen LogP contribution in [0.25, 0.3) is 23.0 Å². The Hall–Kier alpha value is -2.28. The van der Waals surface area contributed by atoms with Gasteiger partial charge in [0.1, 0.15) is 11.5 Å². The molecule has 0 aliphatic rings. The zero-order chi connectivity index (χ0) is 14.1. The van der Waals surface area contributed by atoms with Crippen molar-refractivity contribution in [3.63, 3.8) is 0 Å². The SMILES string of the molecule is Cc1nccc(-c2noc(-c3ccc(Br)cc3N)n2)n1. The summed E-state index contributed by atoms with van der Waals surface area (Å²) in [6.45, 7) is 1.80. The zero-order valence-electron chi connectivity index (χ0n) is 10.5. The topological polar surface area (TPSA) is 90.7 Å². The largest absolute Gasteiger partial charge is 0.398 e. The molecule has 7 heteroatoms. The molecule has 100 valence electrons. The van der Waals surface area contributed by atoms with Gasteiger partial charge in [-0.1, -0.05) is 21.1 Å². The lowest BCUT2D eigenvalue weighted by Gasteiger charge is -2.00. The first-order valence-electron chi connectivity index (χ1n) is 5.82. The van der Waals surface area contributed by atoms with Crippen molar-refractivity contribution in [2.24, 2.45) is 0 Å². The van der Waals surface area contributed by atoms with Gasteiger partial charge in [0.05, 0.1) is 5.56 Å². The number of nitrogens with zero attached hydrogens (tertiary/aromatic N) is 4. The number of nitrogen functional groups attached to an aromatic ring is 1. The average Bonchev–Trinajstić information content (AvgIpc) is 2.88. The summed E-state index contributed by atoms with van der Waals surface area (Å²) < 4.78 is 6.14. The molecular weight excluding hydrogens is 322 g/mol. The van der Waals surface area contributed by atoms with E-state index in [9.17, 15) is 0 Å². The lowest BCUT2D eigenvalue weighted by Crippen LogP contribution is -1.92. The van der Waals surface area contributed by atoms with E-state index >= 15 is 0 Å². The van der Waals surface area contributed by atoms with Crippen molar-refractivity contribution >= 4 is 21.6 Å². The molecule has 0 aliphatic carbocycles. The molecule has 0 saturated carbocycles. The molecule has 0 atom stereocenters. The highest BCUT2D eigenvalue weighted by Gasteiger charge is 2.14. The third-order valence-corrected chi connectivity index (χ3v) is 3.17. The Bertz CT molecular complexity index is 771. The zero-order valence-corrected chi connectivity index (χ0v) is 12.1. The number of aryl methyl sites for hydroxylation is 1. The standard InChI is InChI=1S/C13H10BrN5O/c1-7-16-5-4-11(17-7)12-18-13(20-19-12)9-3-2-8(14)6-10(9)15/h2-6H,15H2,1H3. The molecule has 0 bridgehead atoms. The molecule has 20 heavy (non-hydrogen) atoms. The van der Waals surface area contributed by atoms with Gasteiger partial charge < -0.3 is 10.3 Å². The Morgan fingerprint density at radius 3 is 2.80 bits per heavy atom. The first kappa shape index (κ1) is 12.7. The van der Waals surface area contributed by atoms with Crippen LogP contribution in [-0.2, 0) is 0 Å². The maximum atomic E-state index is 5.94. The number of aromatic nitrogens is 4. The molecule has 0 amide bonds. The molecule has 3 aromatic rings. The fraction of sp³-hybridized carbons (Fsp3) is 0.0769. The summed E-state index contributed by atoms with van der Waals surface area (Å²) in [5.74, 6) is 1.42. The van der Waals surface area contributed by atoms with Crippen LogP contribution >= 0.6 is 15.9 Å². The normalized spacial score (nSPS) is 10.7. The highest BCUT2D eigenvalue weighted by atomic mass is 79.9. The van der Waals surface area contributed by atoms with Crippen molar-refractivity contribution in [1.29, 1.82) is 0 Å². The molecule has 0 aliphatic heterocycles. The smallest absolute Gasteiger partial charge is 0.260 e. The molecular formula is C13H10BrN5O. The van der Waals surface area contributed by atoms with Crippen molar-refractivity contribution in [3.8, 4) is 23.0 Å². The second kappa shape index (κ2) is 5.01. The maximum absolute atomic E-state index is 5.94. The quantitative estimate of drug-likeness (QED) is 0.726. The highest BCUT2D eigenvalue weighted by Crippen LogP contribution is 2.28. The molecule has 2 heterocycles. The van der Waals surface area contributed by atoms with Gasteiger partial charge >= 0.3 is 0 Å². The lowest BCUT2D eigenvalue weighted by atomic mass is 10.2. The fourth-order valence-corrected chi connectivity index (χ4v) is 2.12. The summed E-state index contributed by atoms with van der Waals surface area (Å²) in [4.78, 5) is 12.6. The van der Waals surface area contributed by atoms with E-state index in [-0.39, 0.29) is 0 Å². The van der Waals surface area contributed by atoms with Crippen molar-refractivity contribution < 1.29 is 4.52 Å². The molecule has 0 spiro atoms. The van der Waals surface area contributed by atoms with E-state index in [0.717, 1.165) is 4.47 Å². The second-order valence-electron chi connectivity index (χ2n) is 4.14. The van der Waals surface area contributed by atoms with E-state index in [2.05, 4.69) is 36.0 Å². The minimum absolute atomic E-state index is 0.362. The fourth-order valence-electron chi connectivity index (χ4n) is 1.75. The molecule has 2 aromatic heterocycles. The van der Waals surface area contributed by atoms with Crippen LogP contribution in [0.2, 0.25) is 0 Å². The highest BCUT2D eigenvalue weighted by molar-refractivity contribution is 9.10. The van der Waals surface area contributed by atoms with E-state index in [4.69, 9.17) is 10.3 Å². The molecule has 0 unspecified atom stereocenters. The molecule has 6 nitrogen and oxygen atoms in total. The van der Waals surface area contributed by atoms with Crippen LogP contribution in [0.1, 0.15) is 5.82 Å². The van der Waals surface area contributed by atoms with Gasteiger partial charge in [0, 0.05) is 16.4 Å². The van der Waals surface area contributed by atoms with Gasteiger partial charge in [-0.05, 0) is 31.2 Å². The molecule has 3 rings (SSSR count). The Morgan fingerprint density at radius 2 is 2.05 bits per heavy atom. The van der Waals surface area contributed by atoms with Gasteiger partial charge in [-0.25, -0.2) is 9.97 Å². The van der Waals surface area contributed by atoms with Crippen molar-refractivity contribution in [2.45, 2.75) is 6.92 Å². The van der Waals surface area contributed by atoms with Crippen molar-refractivity contribution in [3.05, 3.63) is 40.8 Å². The van der Waals surface area contributed by atoms with Crippen LogP contribution in [0.4, 0.5) is 5.69 Å². The van der Waals surface area contributed by atoms with Crippen molar-refractivity contribution in [1.82, 2.24) is 20.1 Å². The molecule has 0 saturated heterocycles. The summed E-state index contributed by atoms with van der Waals surface area (Å²) in [5, 5.41) is 3.92. The Labute approximate surface area is 123 Å². The molecule has 1 aromatic carbocycles. The Balaban J connectivity index is 2.02.